The highest BCUT2D eigenvalue weighted by Crippen LogP contribution is 2.23. The molecule has 0 aromatic carbocycles. The second-order valence-electron chi connectivity index (χ2n) is 3.03. The fraction of sp³-hybridized carbons (Fsp3) is 0.200. The van der Waals surface area contributed by atoms with Gasteiger partial charge in [0.1, 0.15) is 5.76 Å². The molecule has 0 aliphatic heterocycles. The highest BCUT2D eigenvalue weighted by molar-refractivity contribution is 9.10. The zero-order valence-corrected chi connectivity index (χ0v) is 9.85. The number of hydrogen-bond acceptors (Lipinski definition) is 3. The number of thiophene rings is 1. The fourth-order valence-corrected chi connectivity index (χ4v) is 2.36. The lowest BCUT2D eigenvalue weighted by molar-refractivity contribution is 0.449. The van der Waals surface area contributed by atoms with Crippen molar-refractivity contribution in [3.05, 3.63) is 45.0 Å². The quantitative estimate of drug-likeness (QED) is 0.930. The van der Waals surface area contributed by atoms with Crippen LogP contribution in [0, 0.1) is 0 Å². The van der Waals surface area contributed by atoms with E-state index in [0.29, 0.717) is 0 Å². The van der Waals surface area contributed by atoms with Gasteiger partial charge in [-0.15, -0.1) is 11.3 Å². The number of furan rings is 1. The number of nitrogens with two attached hydrogens (primary N) is 1. The second kappa shape index (κ2) is 4.29. The van der Waals surface area contributed by atoms with Gasteiger partial charge < -0.3 is 10.2 Å². The molecule has 0 aliphatic rings. The lowest BCUT2D eigenvalue weighted by Crippen LogP contribution is -2.11. The van der Waals surface area contributed by atoms with Crippen LogP contribution in [-0.2, 0) is 6.42 Å². The Morgan fingerprint density at radius 2 is 2.29 bits per heavy atom. The van der Waals surface area contributed by atoms with Crippen molar-refractivity contribution in [2.75, 3.05) is 0 Å². The Morgan fingerprint density at radius 1 is 1.43 bits per heavy atom. The number of hydrogen-bond donors (Lipinski definition) is 1. The van der Waals surface area contributed by atoms with E-state index < -0.39 is 0 Å². The van der Waals surface area contributed by atoms with Gasteiger partial charge in [-0.1, -0.05) is 6.07 Å². The molecule has 1 unspecified atom stereocenters. The van der Waals surface area contributed by atoms with Crippen molar-refractivity contribution in [3.63, 3.8) is 0 Å². The molecule has 2 N–H and O–H groups in total. The van der Waals surface area contributed by atoms with Gasteiger partial charge in [0.05, 0.1) is 6.04 Å². The highest BCUT2D eigenvalue weighted by atomic mass is 79.9. The van der Waals surface area contributed by atoms with E-state index in [9.17, 15) is 0 Å². The van der Waals surface area contributed by atoms with E-state index in [1.807, 2.05) is 18.2 Å². The molecule has 0 saturated heterocycles. The molecule has 0 spiro atoms. The lowest BCUT2D eigenvalue weighted by atomic mass is 10.1. The molecule has 0 saturated carbocycles. The molecule has 0 fully saturated rings. The molecule has 2 aromatic rings. The van der Waals surface area contributed by atoms with Crippen molar-refractivity contribution in [2.45, 2.75) is 12.5 Å². The zero-order valence-electron chi connectivity index (χ0n) is 7.44. The minimum Gasteiger partial charge on any atom is -0.453 e. The fourth-order valence-electron chi connectivity index (χ4n) is 1.27. The third-order valence-electron chi connectivity index (χ3n) is 1.96. The Morgan fingerprint density at radius 3 is 2.86 bits per heavy atom. The van der Waals surface area contributed by atoms with Crippen LogP contribution < -0.4 is 5.73 Å². The maximum atomic E-state index is 5.99. The first-order chi connectivity index (χ1) is 6.75. The molecule has 2 rings (SSSR count). The molecule has 0 amide bonds. The molecule has 2 heterocycles. The first kappa shape index (κ1) is 9.96. The summed E-state index contributed by atoms with van der Waals surface area (Å²) in [5.41, 5.74) is 5.99. The summed E-state index contributed by atoms with van der Waals surface area (Å²) in [7, 11) is 0. The summed E-state index contributed by atoms with van der Waals surface area (Å²) in [6, 6.07) is 7.83. The molecular weight excluding hydrogens is 262 g/mol. The van der Waals surface area contributed by atoms with Crippen molar-refractivity contribution < 1.29 is 4.42 Å². The second-order valence-corrected chi connectivity index (χ2v) is 4.85. The average molecular weight is 272 g/mol. The van der Waals surface area contributed by atoms with Gasteiger partial charge in [0, 0.05) is 11.3 Å². The molecule has 2 aromatic heterocycles. The number of halogens is 1. The number of rotatable bonds is 3. The van der Waals surface area contributed by atoms with Gasteiger partial charge in [-0.2, -0.15) is 0 Å². The Hall–Kier alpha value is -0.580. The van der Waals surface area contributed by atoms with Gasteiger partial charge in [-0.05, 0) is 39.5 Å². The van der Waals surface area contributed by atoms with Crippen LogP contribution in [0.2, 0.25) is 0 Å². The van der Waals surface area contributed by atoms with Crippen molar-refractivity contribution in [2.24, 2.45) is 5.73 Å². The summed E-state index contributed by atoms with van der Waals surface area (Å²) >= 11 is 4.98. The minimum atomic E-state index is -0.0556. The van der Waals surface area contributed by atoms with Crippen molar-refractivity contribution in [1.29, 1.82) is 0 Å². The summed E-state index contributed by atoms with van der Waals surface area (Å²) in [4.78, 5) is 1.28. The monoisotopic (exact) mass is 271 g/mol. The van der Waals surface area contributed by atoms with Gasteiger partial charge in [-0.25, -0.2) is 0 Å². The third kappa shape index (κ3) is 2.26. The largest absolute Gasteiger partial charge is 0.453 e. The first-order valence-electron chi connectivity index (χ1n) is 4.29. The van der Waals surface area contributed by atoms with E-state index in [1.54, 1.807) is 11.3 Å². The van der Waals surface area contributed by atoms with E-state index in [0.717, 1.165) is 16.9 Å². The van der Waals surface area contributed by atoms with E-state index in [-0.39, 0.29) is 6.04 Å². The van der Waals surface area contributed by atoms with Crippen LogP contribution in [-0.4, -0.2) is 0 Å². The molecule has 14 heavy (non-hydrogen) atoms. The average Bonchev–Trinajstić information content (AvgIpc) is 2.75. The minimum absolute atomic E-state index is 0.0556. The highest BCUT2D eigenvalue weighted by Gasteiger charge is 2.11. The van der Waals surface area contributed by atoms with Crippen LogP contribution in [0.4, 0.5) is 0 Å². The Balaban J connectivity index is 2.06. The zero-order chi connectivity index (χ0) is 9.97. The van der Waals surface area contributed by atoms with Crippen LogP contribution in [0.15, 0.2) is 38.7 Å². The SMILES string of the molecule is NC(Cc1cccs1)c1ccc(Br)o1. The maximum absolute atomic E-state index is 5.99. The molecule has 1 atom stereocenters. The Bertz CT molecular complexity index is 396. The van der Waals surface area contributed by atoms with Gasteiger partial charge in [0.2, 0.25) is 0 Å². The molecule has 74 valence electrons. The van der Waals surface area contributed by atoms with Crippen LogP contribution in [0.3, 0.4) is 0 Å². The van der Waals surface area contributed by atoms with E-state index >= 15 is 0 Å². The molecule has 2 nitrogen and oxygen atoms in total. The van der Waals surface area contributed by atoms with Gasteiger partial charge in [0.25, 0.3) is 0 Å². The maximum Gasteiger partial charge on any atom is 0.169 e. The van der Waals surface area contributed by atoms with E-state index in [4.69, 9.17) is 10.2 Å². The topological polar surface area (TPSA) is 39.2 Å². The lowest BCUT2D eigenvalue weighted by Gasteiger charge is -2.05. The molecule has 0 bridgehead atoms. The molecule has 0 radical (unpaired) electrons. The van der Waals surface area contributed by atoms with Crippen molar-refractivity contribution in [3.8, 4) is 0 Å². The first-order valence-corrected chi connectivity index (χ1v) is 5.96. The Kier molecular flexibility index (Phi) is 3.05. The summed E-state index contributed by atoms with van der Waals surface area (Å²) in [5.74, 6) is 0.824. The normalized spacial score (nSPS) is 13.0. The van der Waals surface area contributed by atoms with E-state index in [1.165, 1.54) is 4.88 Å². The van der Waals surface area contributed by atoms with Crippen molar-refractivity contribution in [1.82, 2.24) is 0 Å². The molecular formula is C10H10BrNOS. The third-order valence-corrected chi connectivity index (χ3v) is 3.29. The molecule has 0 aliphatic carbocycles. The van der Waals surface area contributed by atoms with Gasteiger partial charge >= 0.3 is 0 Å². The van der Waals surface area contributed by atoms with E-state index in [2.05, 4.69) is 27.4 Å². The predicted octanol–water partition coefficient (Wildman–Crippen LogP) is 3.35. The molecule has 4 heteroatoms. The Labute approximate surface area is 94.9 Å². The van der Waals surface area contributed by atoms with Crippen molar-refractivity contribution >= 4 is 27.3 Å². The summed E-state index contributed by atoms with van der Waals surface area (Å²) in [5, 5.41) is 2.06. The van der Waals surface area contributed by atoms with Crippen LogP contribution in [0.1, 0.15) is 16.7 Å². The summed E-state index contributed by atoms with van der Waals surface area (Å²) in [6.07, 6.45) is 0.831. The predicted molar refractivity (Wildman–Crippen MR) is 61.4 cm³/mol. The van der Waals surface area contributed by atoms with Crippen LogP contribution in [0.25, 0.3) is 0 Å². The standard InChI is InChI=1S/C10H10BrNOS/c11-10-4-3-9(13-10)8(12)6-7-2-1-5-14-7/h1-5,8H,6,12H2. The van der Waals surface area contributed by atoms with Gasteiger partial charge in [-0.3, -0.25) is 0 Å². The van der Waals surface area contributed by atoms with Crippen LogP contribution >= 0.6 is 27.3 Å². The summed E-state index contributed by atoms with van der Waals surface area (Å²) < 4.78 is 6.12. The summed E-state index contributed by atoms with van der Waals surface area (Å²) in [6.45, 7) is 0. The van der Waals surface area contributed by atoms with Gasteiger partial charge in [0.15, 0.2) is 4.67 Å². The smallest absolute Gasteiger partial charge is 0.169 e. The van der Waals surface area contributed by atoms with Crippen LogP contribution in [0.5, 0.6) is 0 Å².